The van der Waals surface area contributed by atoms with Crippen LogP contribution >= 0.6 is 22.9 Å². The Balaban J connectivity index is 1.63. The Labute approximate surface area is 187 Å². The Morgan fingerprint density at radius 1 is 1.24 bits per heavy atom. The summed E-state index contributed by atoms with van der Waals surface area (Å²) in [6, 6.07) is 0. The number of fused-ring (bicyclic) bond motifs is 2. The molecule has 2 aromatic rings. The minimum absolute atomic E-state index is 0.0958. The molecule has 0 aromatic carbocycles. The monoisotopic (exact) mass is 511 g/mol. The Morgan fingerprint density at radius 2 is 2.07 bits per heavy atom. The van der Waals surface area contributed by atoms with E-state index in [1.54, 1.807) is 0 Å². The summed E-state index contributed by atoms with van der Waals surface area (Å²) in [6.07, 6.45) is 11.9. The van der Waals surface area contributed by atoms with Crippen LogP contribution in [0.25, 0.3) is 11.2 Å². The third kappa shape index (κ3) is 4.56. The van der Waals surface area contributed by atoms with Gasteiger partial charge in [-0.3, -0.25) is 8.10 Å². The van der Waals surface area contributed by atoms with Gasteiger partial charge in [0.15, 0.2) is 5.65 Å². The van der Waals surface area contributed by atoms with Gasteiger partial charge in [-0.1, -0.05) is 38.9 Å². The summed E-state index contributed by atoms with van der Waals surface area (Å²) in [6.45, 7) is 5.05. The van der Waals surface area contributed by atoms with E-state index in [0.29, 0.717) is 11.9 Å². The maximum atomic E-state index is 6.65. The van der Waals surface area contributed by atoms with E-state index in [-0.39, 0.29) is 18.4 Å². The molecule has 4 rings (SSSR count). The molecule has 158 valence electrons. The molecule has 0 spiro atoms. The Bertz CT molecular complexity index is 820. The van der Waals surface area contributed by atoms with E-state index in [2.05, 4.69) is 52.8 Å². The molecule has 0 unspecified atom stereocenters. The third-order valence-electron chi connectivity index (χ3n) is 6.34. The normalized spacial score (nSPS) is 28.9. The molecule has 7 nitrogen and oxygen atoms in total. The highest BCUT2D eigenvalue weighted by atomic mass is 127. The van der Waals surface area contributed by atoms with Gasteiger partial charge >= 0.3 is 0 Å². The average molecular weight is 511 g/mol. The molecule has 0 saturated carbocycles. The van der Waals surface area contributed by atoms with E-state index < -0.39 is 0 Å². The molecule has 2 aliphatic rings. The van der Waals surface area contributed by atoms with Crippen LogP contribution in [-0.2, 0) is 9.47 Å². The van der Waals surface area contributed by atoms with Gasteiger partial charge in [0.25, 0.3) is 0 Å². The van der Waals surface area contributed by atoms with Crippen molar-refractivity contribution in [2.75, 3.05) is 10.1 Å². The highest BCUT2D eigenvalue weighted by Gasteiger charge is 2.45. The second-order valence-electron chi connectivity index (χ2n) is 8.29. The zero-order valence-electron chi connectivity index (χ0n) is 17.4. The fourth-order valence-electron chi connectivity index (χ4n) is 4.80. The first-order chi connectivity index (χ1) is 14.2. The number of imidazole rings is 1. The van der Waals surface area contributed by atoms with E-state index in [9.17, 15) is 0 Å². The number of hydrogen-bond acceptors (Lipinski definition) is 6. The summed E-state index contributed by atoms with van der Waals surface area (Å²) >= 11 is 2.07. The van der Waals surface area contributed by atoms with E-state index in [1.165, 1.54) is 39.3 Å². The van der Waals surface area contributed by atoms with Crippen LogP contribution in [-0.4, -0.2) is 45.6 Å². The van der Waals surface area contributed by atoms with Gasteiger partial charge in [-0.05, 0) is 26.1 Å². The van der Waals surface area contributed by atoms with Crippen molar-refractivity contribution >= 4 is 47.3 Å². The summed E-state index contributed by atoms with van der Waals surface area (Å²) in [5.41, 5.74) is 2.55. The SMILES string of the molecule is CC[C@H]1[C@@H]2OCCCCCCCBC[C@H]2O[C@H]1n1cnc2c(C)nc(NI)nc21. The second kappa shape index (κ2) is 9.91. The smallest absolute Gasteiger partial charge is 0.233 e. The first kappa shape index (κ1) is 21.3. The number of rotatable bonds is 3. The molecule has 9 heteroatoms. The molecule has 0 radical (unpaired) electrons. The molecule has 0 aliphatic carbocycles. The predicted octanol–water partition coefficient (Wildman–Crippen LogP) is 4.44. The summed E-state index contributed by atoms with van der Waals surface area (Å²) in [7, 11) is 1.21. The topological polar surface area (TPSA) is 74.1 Å². The fraction of sp³-hybridized carbons (Fsp3) is 0.750. The van der Waals surface area contributed by atoms with Gasteiger partial charge in [0.2, 0.25) is 5.95 Å². The Hall–Kier alpha value is -0.935. The zero-order valence-corrected chi connectivity index (χ0v) is 19.6. The molecule has 2 aliphatic heterocycles. The predicted molar refractivity (Wildman–Crippen MR) is 125 cm³/mol. The van der Waals surface area contributed by atoms with Crippen LogP contribution in [0.5, 0.6) is 0 Å². The van der Waals surface area contributed by atoms with Crippen molar-refractivity contribution in [2.24, 2.45) is 5.92 Å². The number of anilines is 1. The van der Waals surface area contributed by atoms with Crippen molar-refractivity contribution in [3.05, 3.63) is 12.0 Å². The lowest BCUT2D eigenvalue weighted by molar-refractivity contribution is -0.0281. The molecule has 4 heterocycles. The van der Waals surface area contributed by atoms with Crippen molar-refractivity contribution in [3.63, 3.8) is 0 Å². The largest absolute Gasteiger partial charge is 0.375 e. The van der Waals surface area contributed by atoms with Crippen LogP contribution in [0.4, 0.5) is 5.95 Å². The van der Waals surface area contributed by atoms with Crippen molar-refractivity contribution in [1.82, 2.24) is 19.5 Å². The fourth-order valence-corrected chi connectivity index (χ4v) is 5.04. The first-order valence-corrected chi connectivity index (χ1v) is 12.2. The molecule has 0 bridgehead atoms. The summed E-state index contributed by atoms with van der Waals surface area (Å²) in [5.74, 6) is 0.901. The second-order valence-corrected chi connectivity index (χ2v) is 8.83. The molecular weight excluding hydrogens is 480 g/mol. The van der Waals surface area contributed by atoms with Crippen LogP contribution in [0.2, 0.25) is 12.6 Å². The molecule has 2 saturated heterocycles. The maximum Gasteiger partial charge on any atom is 0.233 e. The minimum atomic E-state index is -0.0958. The van der Waals surface area contributed by atoms with Gasteiger partial charge in [0, 0.05) is 12.5 Å². The number of aromatic nitrogens is 4. The first-order valence-electron chi connectivity index (χ1n) is 11.1. The molecular formula is C20H31BIN5O2. The van der Waals surface area contributed by atoms with Gasteiger partial charge in [0.1, 0.15) is 19.0 Å². The standard InChI is InChI=1S/C20H31BIN5O2/c1-3-14-17-15(11-21-9-7-5-4-6-8-10-28-17)29-19(14)27-12-23-16-13(2)24-20(26-22)25-18(16)27/h12,14-15,17,19,21H,3-11H2,1-2H3,(H,24,25,26)/t14-,15+,17-,19+/m0/s1. The number of aryl methyl sites for hydroxylation is 1. The molecule has 1 N–H and O–H groups in total. The van der Waals surface area contributed by atoms with Crippen molar-refractivity contribution < 1.29 is 9.47 Å². The van der Waals surface area contributed by atoms with Crippen molar-refractivity contribution in [3.8, 4) is 0 Å². The van der Waals surface area contributed by atoms with Gasteiger partial charge in [-0.25, -0.2) is 9.97 Å². The Morgan fingerprint density at radius 3 is 2.90 bits per heavy atom. The number of hydrogen-bond donors (Lipinski definition) is 1. The number of nitrogens with zero attached hydrogens (tertiary/aromatic N) is 4. The van der Waals surface area contributed by atoms with Crippen LogP contribution in [0.1, 0.15) is 57.4 Å². The van der Waals surface area contributed by atoms with Crippen LogP contribution < -0.4 is 3.53 Å². The van der Waals surface area contributed by atoms with E-state index >= 15 is 0 Å². The molecule has 29 heavy (non-hydrogen) atoms. The van der Waals surface area contributed by atoms with Crippen molar-refractivity contribution in [1.29, 1.82) is 0 Å². The summed E-state index contributed by atoms with van der Waals surface area (Å²) < 4.78 is 18.2. The number of ether oxygens (including phenoxy) is 2. The van der Waals surface area contributed by atoms with E-state index in [0.717, 1.165) is 42.6 Å². The maximum absolute atomic E-state index is 6.65. The molecule has 4 atom stereocenters. The lowest BCUT2D eigenvalue weighted by Crippen LogP contribution is -2.31. The van der Waals surface area contributed by atoms with Gasteiger partial charge in [-0.2, -0.15) is 4.98 Å². The van der Waals surface area contributed by atoms with Gasteiger partial charge in [-0.15, -0.1) is 0 Å². The molecule has 2 fully saturated rings. The van der Waals surface area contributed by atoms with E-state index in [1.807, 2.05) is 13.3 Å². The third-order valence-corrected chi connectivity index (χ3v) is 6.82. The zero-order chi connectivity index (χ0) is 20.2. The Kier molecular flexibility index (Phi) is 7.28. The molecule has 0 amide bonds. The minimum Gasteiger partial charge on any atom is -0.375 e. The highest BCUT2D eigenvalue weighted by Crippen LogP contribution is 2.41. The van der Waals surface area contributed by atoms with Crippen LogP contribution in [0.3, 0.4) is 0 Å². The highest BCUT2D eigenvalue weighted by molar-refractivity contribution is 14.1. The van der Waals surface area contributed by atoms with Gasteiger partial charge < -0.3 is 9.47 Å². The van der Waals surface area contributed by atoms with Crippen LogP contribution in [0, 0.1) is 12.8 Å². The average Bonchev–Trinajstić information content (AvgIpc) is 3.29. The van der Waals surface area contributed by atoms with E-state index in [4.69, 9.17) is 9.47 Å². The number of nitrogens with one attached hydrogen (secondary N) is 1. The van der Waals surface area contributed by atoms with Gasteiger partial charge in [0.05, 0.1) is 47.1 Å². The summed E-state index contributed by atoms with van der Waals surface area (Å²) in [4.78, 5) is 13.8. The lowest BCUT2D eigenvalue weighted by Gasteiger charge is -2.24. The lowest BCUT2D eigenvalue weighted by atomic mass is 9.66. The summed E-state index contributed by atoms with van der Waals surface area (Å²) in [5, 5.41) is 0. The molecule has 2 aromatic heterocycles. The number of halogens is 1. The van der Waals surface area contributed by atoms with Crippen LogP contribution in [0.15, 0.2) is 6.33 Å². The quantitative estimate of drug-likeness (QED) is 0.373. The van der Waals surface area contributed by atoms with Crippen molar-refractivity contribution in [2.45, 2.75) is 83.4 Å².